The molecule has 0 saturated heterocycles. The molecule has 1 amide bonds. The molecule has 0 fully saturated rings. The summed E-state index contributed by atoms with van der Waals surface area (Å²) in [6.07, 6.45) is 1.71. The number of nitriles is 1. The predicted octanol–water partition coefficient (Wildman–Crippen LogP) is 1.81. The molecule has 0 heterocycles. The Balaban J connectivity index is 2.39. The van der Waals surface area contributed by atoms with Crippen molar-refractivity contribution >= 4 is 5.91 Å². The normalized spacial score (nSPS) is 10.8. The van der Waals surface area contributed by atoms with E-state index in [-0.39, 0.29) is 11.4 Å². The number of carbonyl (C=O) groups is 1. The number of amides is 1. The van der Waals surface area contributed by atoms with Crippen molar-refractivity contribution in [3.05, 3.63) is 35.4 Å². The first-order valence-electron chi connectivity index (χ1n) is 5.99. The van der Waals surface area contributed by atoms with Crippen molar-refractivity contribution in [1.82, 2.24) is 5.32 Å². The number of carbonyl (C=O) groups excluding carboxylic acids is 1. The van der Waals surface area contributed by atoms with Crippen LogP contribution in [0, 0.1) is 11.3 Å². The van der Waals surface area contributed by atoms with Crippen LogP contribution < -0.4 is 11.1 Å². The number of benzene rings is 1. The highest BCUT2D eigenvalue weighted by molar-refractivity contribution is 5.94. The second-order valence-corrected chi connectivity index (χ2v) is 5.04. The maximum absolute atomic E-state index is 11.7. The summed E-state index contributed by atoms with van der Waals surface area (Å²) in [6.45, 7) is 4.55. The Morgan fingerprint density at radius 1 is 1.39 bits per heavy atom. The number of hydrogen-bond acceptors (Lipinski definition) is 3. The molecule has 3 N–H and O–H groups in total. The third kappa shape index (κ3) is 4.98. The topological polar surface area (TPSA) is 78.9 Å². The molecule has 1 aromatic carbocycles. The van der Waals surface area contributed by atoms with Gasteiger partial charge in [0.15, 0.2) is 0 Å². The van der Waals surface area contributed by atoms with Gasteiger partial charge in [0, 0.05) is 17.6 Å². The second-order valence-electron chi connectivity index (χ2n) is 5.04. The van der Waals surface area contributed by atoms with E-state index in [9.17, 15) is 4.79 Å². The Bertz CT molecular complexity index is 438. The molecular formula is C14H19N3O. The van der Waals surface area contributed by atoms with Crippen LogP contribution in [0.5, 0.6) is 0 Å². The number of hydrogen-bond donors (Lipinski definition) is 2. The quantitative estimate of drug-likeness (QED) is 0.776. The van der Waals surface area contributed by atoms with Gasteiger partial charge in [-0.25, -0.2) is 0 Å². The molecule has 0 atom stereocenters. The minimum absolute atomic E-state index is 0.116. The summed E-state index contributed by atoms with van der Waals surface area (Å²) < 4.78 is 0. The van der Waals surface area contributed by atoms with Crippen LogP contribution in [0.3, 0.4) is 0 Å². The average Bonchev–Trinajstić information content (AvgIpc) is 2.33. The van der Waals surface area contributed by atoms with Crippen LogP contribution in [0.2, 0.25) is 0 Å². The summed E-state index contributed by atoms with van der Waals surface area (Å²) in [5.41, 5.74) is 6.78. The molecule has 0 spiro atoms. The van der Waals surface area contributed by atoms with Gasteiger partial charge >= 0.3 is 0 Å². The molecule has 0 saturated carbocycles. The molecule has 4 heteroatoms. The van der Waals surface area contributed by atoms with Crippen LogP contribution in [0.4, 0.5) is 0 Å². The highest BCUT2D eigenvalue weighted by atomic mass is 16.1. The van der Waals surface area contributed by atoms with E-state index in [1.165, 1.54) is 0 Å². The van der Waals surface area contributed by atoms with Gasteiger partial charge in [-0.15, -0.1) is 0 Å². The van der Waals surface area contributed by atoms with Gasteiger partial charge in [-0.3, -0.25) is 4.79 Å². The predicted molar refractivity (Wildman–Crippen MR) is 71.0 cm³/mol. The molecule has 18 heavy (non-hydrogen) atoms. The van der Waals surface area contributed by atoms with Crippen LogP contribution >= 0.6 is 0 Å². The third-order valence-electron chi connectivity index (χ3n) is 2.56. The molecule has 0 aliphatic carbocycles. The fourth-order valence-electron chi connectivity index (χ4n) is 1.54. The lowest BCUT2D eigenvalue weighted by molar-refractivity contribution is 0.0952. The fraction of sp³-hybridized carbons (Fsp3) is 0.429. The van der Waals surface area contributed by atoms with Crippen LogP contribution in [-0.4, -0.2) is 18.0 Å². The molecule has 1 rings (SSSR count). The van der Waals surface area contributed by atoms with Crippen molar-refractivity contribution in [3.63, 3.8) is 0 Å². The van der Waals surface area contributed by atoms with Crippen molar-refractivity contribution < 1.29 is 4.79 Å². The summed E-state index contributed by atoms with van der Waals surface area (Å²) in [5, 5.41) is 11.5. The molecule has 0 bridgehead atoms. The van der Waals surface area contributed by atoms with Crippen LogP contribution in [0.25, 0.3) is 0 Å². The first kappa shape index (κ1) is 14.2. The SMILES string of the molecule is CC(C)(N)CCCNC(=O)c1ccc(C#N)cc1. The maximum atomic E-state index is 11.7. The lowest BCUT2D eigenvalue weighted by Gasteiger charge is -2.17. The average molecular weight is 245 g/mol. The Morgan fingerprint density at radius 2 is 2.00 bits per heavy atom. The van der Waals surface area contributed by atoms with Crippen molar-refractivity contribution in [3.8, 4) is 6.07 Å². The van der Waals surface area contributed by atoms with Gasteiger partial charge in [0.25, 0.3) is 5.91 Å². The molecular weight excluding hydrogens is 226 g/mol. The Labute approximate surface area is 108 Å². The summed E-state index contributed by atoms with van der Waals surface area (Å²) in [6, 6.07) is 8.60. The number of nitrogens with zero attached hydrogens (tertiary/aromatic N) is 1. The molecule has 96 valence electrons. The van der Waals surface area contributed by atoms with Gasteiger partial charge < -0.3 is 11.1 Å². The minimum Gasteiger partial charge on any atom is -0.352 e. The zero-order chi connectivity index (χ0) is 13.6. The maximum Gasteiger partial charge on any atom is 0.251 e. The van der Waals surface area contributed by atoms with Crippen LogP contribution in [0.1, 0.15) is 42.6 Å². The van der Waals surface area contributed by atoms with Gasteiger partial charge in [-0.2, -0.15) is 5.26 Å². The number of nitrogens with one attached hydrogen (secondary N) is 1. The van der Waals surface area contributed by atoms with Gasteiger partial charge in [0.05, 0.1) is 11.6 Å². The van der Waals surface area contributed by atoms with Crippen molar-refractivity contribution in [1.29, 1.82) is 5.26 Å². The van der Waals surface area contributed by atoms with E-state index in [0.29, 0.717) is 17.7 Å². The molecule has 0 radical (unpaired) electrons. The molecule has 0 aromatic heterocycles. The molecule has 1 aromatic rings. The lowest BCUT2D eigenvalue weighted by Crippen LogP contribution is -2.33. The lowest BCUT2D eigenvalue weighted by atomic mass is 10.0. The molecule has 0 aliphatic heterocycles. The van der Waals surface area contributed by atoms with Crippen molar-refractivity contribution in [2.45, 2.75) is 32.2 Å². The van der Waals surface area contributed by atoms with Crippen LogP contribution in [0.15, 0.2) is 24.3 Å². The van der Waals surface area contributed by atoms with E-state index in [1.54, 1.807) is 24.3 Å². The van der Waals surface area contributed by atoms with E-state index < -0.39 is 0 Å². The van der Waals surface area contributed by atoms with Gasteiger partial charge in [-0.1, -0.05) is 0 Å². The Morgan fingerprint density at radius 3 is 2.50 bits per heavy atom. The zero-order valence-corrected chi connectivity index (χ0v) is 10.9. The van der Waals surface area contributed by atoms with E-state index in [0.717, 1.165) is 12.8 Å². The summed E-state index contributed by atoms with van der Waals surface area (Å²) in [4.78, 5) is 11.7. The first-order chi connectivity index (χ1) is 8.42. The molecule has 4 nitrogen and oxygen atoms in total. The second kappa shape index (κ2) is 6.18. The monoisotopic (exact) mass is 245 g/mol. The highest BCUT2D eigenvalue weighted by Crippen LogP contribution is 2.06. The van der Waals surface area contributed by atoms with E-state index >= 15 is 0 Å². The largest absolute Gasteiger partial charge is 0.352 e. The van der Waals surface area contributed by atoms with Crippen molar-refractivity contribution in [2.24, 2.45) is 5.73 Å². The molecule has 0 aliphatic rings. The fourth-order valence-corrected chi connectivity index (χ4v) is 1.54. The highest BCUT2D eigenvalue weighted by Gasteiger charge is 2.10. The Kier molecular flexibility index (Phi) is 4.87. The summed E-state index contributed by atoms with van der Waals surface area (Å²) in [5.74, 6) is -0.116. The third-order valence-corrected chi connectivity index (χ3v) is 2.56. The first-order valence-corrected chi connectivity index (χ1v) is 5.99. The van der Waals surface area contributed by atoms with Crippen molar-refractivity contribution in [2.75, 3.05) is 6.54 Å². The zero-order valence-electron chi connectivity index (χ0n) is 10.9. The molecule has 0 unspecified atom stereocenters. The Hall–Kier alpha value is -1.86. The van der Waals surface area contributed by atoms with Gasteiger partial charge in [0.1, 0.15) is 0 Å². The van der Waals surface area contributed by atoms with Gasteiger partial charge in [0.2, 0.25) is 0 Å². The number of nitrogens with two attached hydrogens (primary N) is 1. The summed E-state index contributed by atoms with van der Waals surface area (Å²) in [7, 11) is 0. The number of rotatable bonds is 5. The van der Waals surface area contributed by atoms with Gasteiger partial charge in [-0.05, 0) is 51.0 Å². The van der Waals surface area contributed by atoms with E-state index in [2.05, 4.69) is 5.32 Å². The van der Waals surface area contributed by atoms with E-state index in [1.807, 2.05) is 19.9 Å². The van der Waals surface area contributed by atoms with E-state index in [4.69, 9.17) is 11.0 Å². The minimum atomic E-state index is -0.195. The standard InChI is InChI=1S/C14H19N3O/c1-14(2,16)8-3-9-17-13(18)12-6-4-11(10-15)5-7-12/h4-7H,3,8-9,16H2,1-2H3,(H,17,18). The smallest absolute Gasteiger partial charge is 0.251 e. The summed E-state index contributed by atoms with van der Waals surface area (Å²) >= 11 is 0. The van der Waals surface area contributed by atoms with Crippen LogP contribution in [-0.2, 0) is 0 Å².